The van der Waals surface area contributed by atoms with E-state index in [4.69, 9.17) is 0 Å². The zero-order valence-corrected chi connectivity index (χ0v) is 14.7. The summed E-state index contributed by atoms with van der Waals surface area (Å²) in [4.78, 5) is 15.1. The van der Waals surface area contributed by atoms with Crippen LogP contribution in [0, 0.1) is 3.57 Å². The van der Waals surface area contributed by atoms with Gasteiger partial charge in [0.25, 0.3) is 0 Å². The summed E-state index contributed by atoms with van der Waals surface area (Å²) in [5, 5.41) is 0. The third kappa shape index (κ3) is 3.61. The number of carbonyl (C=O) groups excluding carboxylic acids is 1. The quantitative estimate of drug-likeness (QED) is 0.576. The zero-order valence-electron chi connectivity index (χ0n) is 12.5. The number of hydrogen-bond acceptors (Lipinski definition) is 2. The number of nitrogens with zero attached hydrogens (tertiary/aromatic N) is 1. The van der Waals surface area contributed by atoms with Gasteiger partial charge >= 0.3 is 0 Å². The van der Waals surface area contributed by atoms with E-state index in [2.05, 4.69) is 65.9 Å². The lowest BCUT2D eigenvalue weighted by atomic mass is 9.82. The van der Waals surface area contributed by atoms with Gasteiger partial charge in [-0.1, -0.05) is 37.8 Å². The molecule has 0 heterocycles. The summed E-state index contributed by atoms with van der Waals surface area (Å²) in [6, 6.07) is 8.33. The standard InChI is InChI=1S/C17H24INO/c1-19(2)17(11-5-3-4-6-12-17)16(20)13-14-7-9-15(18)10-8-14/h7-10H,3-6,11-13H2,1-2H3. The fraction of sp³-hybridized carbons (Fsp3) is 0.588. The van der Waals surface area contributed by atoms with Gasteiger partial charge in [-0.2, -0.15) is 0 Å². The molecule has 1 fully saturated rings. The van der Waals surface area contributed by atoms with Gasteiger partial charge in [0.05, 0.1) is 5.54 Å². The van der Waals surface area contributed by atoms with Gasteiger partial charge in [-0.15, -0.1) is 0 Å². The van der Waals surface area contributed by atoms with E-state index in [1.54, 1.807) is 0 Å². The first kappa shape index (κ1) is 16.0. The van der Waals surface area contributed by atoms with Crippen molar-refractivity contribution in [2.24, 2.45) is 0 Å². The number of hydrogen-bond donors (Lipinski definition) is 0. The largest absolute Gasteiger partial charge is 0.297 e. The minimum absolute atomic E-state index is 0.237. The molecule has 1 aliphatic rings. The lowest BCUT2D eigenvalue weighted by molar-refractivity contribution is -0.130. The predicted molar refractivity (Wildman–Crippen MR) is 92.0 cm³/mol. The van der Waals surface area contributed by atoms with Crippen LogP contribution >= 0.6 is 22.6 Å². The van der Waals surface area contributed by atoms with E-state index in [9.17, 15) is 4.79 Å². The van der Waals surface area contributed by atoms with Crippen LogP contribution in [0.25, 0.3) is 0 Å². The molecule has 0 unspecified atom stereocenters. The molecule has 1 saturated carbocycles. The Kier molecular flexibility index (Phi) is 5.61. The van der Waals surface area contributed by atoms with Crippen molar-refractivity contribution < 1.29 is 4.79 Å². The fourth-order valence-corrected chi connectivity index (χ4v) is 3.60. The summed E-state index contributed by atoms with van der Waals surface area (Å²) < 4.78 is 1.22. The van der Waals surface area contributed by atoms with Gasteiger partial charge in [0.2, 0.25) is 0 Å². The third-order valence-corrected chi connectivity index (χ3v) is 5.30. The summed E-state index contributed by atoms with van der Waals surface area (Å²) in [7, 11) is 4.13. The van der Waals surface area contributed by atoms with Crippen LogP contribution in [0.5, 0.6) is 0 Å². The number of likely N-dealkylation sites (N-methyl/N-ethyl adjacent to an activating group) is 1. The maximum Gasteiger partial charge on any atom is 0.157 e. The van der Waals surface area contributed by atoms with Gasteiger partial charge in [-0.05, 0) is 67.2 Å². The summed E-state index contributed by atoms with van der Waals surface area (Å²) in [5.74, 6) is 0.394. The van der Waals surface area contributed by atoms with Crippen molar-refractivity contribution in [1.82, 2.24) is 4.90 Å². The maximum atomic E-state index is 12.9. The number of benzene rings is 1. The second-order valence-electron chi connectivity index (χ2n) is 6.07. The number of halogens is 1. The molecular weight excluding hydrogens is 361 g/mol. The molecule has 0 spiro atoms. The van der Waals surface area contributed by atoms with Gasteiger partial charge in [0.1, 0.15) is 0 Å². The molecule has 110 valence electrons. The highest BCUT2D eigenvalue weighted by atomic mass is 127. The second-order valence-corrected chi connectivity index (χ2v) is 7.31. The van der Waals surface area contributed by atoms with Crippen molar-refractivity contribution >= 4 is 28.4 Å². The van der Waals surface area contributed by atoms with Gasteiger partial charge in [-0.25, -0.2) is 0 Å². The van der Waals surface area contributed by atoms with E-state index in [-0.39, 0.29) is 5.54 Å². The second kappa shape index (κ2) is 7.03. The van der Waals surface area contributed by atoms with Crippen LogP contribution in [0.15, 0.2) is 24.3 Å². The first-order chi connectivity index (χ1) is 9.54. The Morgan fingerprint density at radius 2 is 1.65 bits per heavy atom. The van der Waals surface area contributed by atoms with Crippen LogP contribution in [0.4, 0.5) is 0 Å². The van der Waals surface area contributed by atoms with Gasteiger partial charge in [0, 0.05) is 9.99 Å². The molecule has 0 radical (unpaired) electrons. The van der Waals surface area contributed by atoms with Crippen LogP contribution < -0.4 is 0 Å². The molecule has 0 aliphatic heterocycles. The first-order valence-electron chi connectivity index (χ1n) is 7.50. The number of rotatable bonds is 4. The molecule has 1 aromatic rings. The van der Waals surface area contributed by atoms with Crippen LogP contribution in [0.2, 0.25) is 0 Å². The Labute approximate surface area is 136 Å². The molecule has 0 aromatic heterocycles. The smallest absolute Gasteiger partial charge is 0.157 e. The average molecular weight is 385 g/mol. The van der Waals surface area contributed by atoms with Crippen LogP contribution in [-0.4, -0.2) is 30.3 Å². The van der Waals surface area contributed by atoms with Crippen molar-refractivity contribution in [2.45, 2.75) is 50.5 Å². The van der Waals surface area contributed by atoms with Gasteiger partial charge < -0.3 is 0 Å². The van der Waals surface area contributed by atoms with E-state index < -0.39 is 0 Å². The lowest BCUT2D eigenvalue weighted by Crippen LogP contribution is -2.51. The Morgan fingerprint density at radius 3 is 2.15 bits per heavy atom. The van der Waals surface area contributed by atoms with Crippen LogP contribution in [0.3, 0.4) is 0 Å². The van der Waals surface area contributed by atoms with E-state index in [1.165, 1.54) is 29.3 Å². The average Bonchev–Trinajstić information content (AvgIpc) is 2.68. The molecule has 2 rings (SSSR count). The van der Waals surface area contributed by atoms with Crippen molar-refractivity contribution in [3.8, 4) is 0 Å². The Bertz CT molecular complexity index is 445. The lowest BCUT2D eigenvalue weighted by Gasteiger charge is -2.38. The summed E-state index contributed by atoms with van der Waals surface area (Å²) in [6.07, 6.45) is 7.49. The van der Waals surface area contributed by atoms with Crippen LogP contribution in [-0.2, 0) is 11.2 Å². The van der Waals surface area contributed by atoms with E-state index in [0.29, 0.717) is 12.2 Å². The fourth-order valence-electron chi connectivity index (χ4n) is 3.24. The molecule has 0 bridgehead atoms. The van der Waals surface area contributed by atoms with Crippen molar-refractivity contribution in [3.63, 3.8) is 0 Å². The Balaban J connectivity index is 2.16. The number of carbonyl (C=O) groups is 1. The molecule has 20 heavy (non-hydrogen) atoms. The number of Topliss-reactive ketones (excluding diaryl/α,β-unsaturated/α-hetero) is 1. The maximum absolute atomic E-state index is 12.9. The highest BCUT2D eigenvalue weighted by molar-refractivity contribution is 14.1. The van der Waals surface area contributed by atoms with Crippen LogP contribution in [0.1, 0.15) is 44.1 Å². The molecule has 1 aromatic carbocycles. The molecule has 2 nitrogen and oxygen atoms in total. The number of ketones is 1. The van der Waals surface area contributed by atoms with E-state index in [1.807, 2.05) is 0 Å². The molecule has 0 N–H and O–H groups in total. The monoisotopic (exact) mass is 385 g/mol. The Morgan fingerprint density at radius 1 is 1.10 bits per heavy atom. The van der Waals surface area contributed by atoms with Crippen molar-refractivity contribution in [1.29, 1.82) is 0 Å². The molecule has 3 heteroatoms. The minimum atomic E-state index is -0.237. The van der Waals surface area contributed by atoms with Gasteiger partial charge in [0.15, 0.2) is 5.78 Å². The van der Waals surface area contributed by atoms with Crippen molar-refractivity contribution in [2.75, 3.05) is 14.1 Å². The van der Waals surface area contributed by atoms with E-state index >= 15 is 0 Å². The molecule has 0 atom stereocenters. The zero-order chi connectivity index (χ0) is 14.6. The molecule has 1 aliphatic carbocycles. The third-order valence-electron chi connectivity index (χ3n) is 4.58. The minimum Gasteiger partial charge on any atom is -0.297 e. The normalized spacial score (nSPS) is 18.8. The Hall–Kier alpha value is -0.420. The summed E-state index contributed by atoms with van der Waals surface area (Å²) >= 11 is 2.30. The van der Waals surface area contributed by atoms with E-state index in [0.717, 1.165) is 18.4 Å². The summed E-state index contributed by atoms with van der Waals surface area (Å²) in [6.45, 7) is 0. The van der Waals surface area contributed by atoms with Gasteiger partial charge in [-0.3, -0.25) is 9.69 Å². The van der Waals surface area contributed by atoms with Crippen molar-refractivity contribution in [3.05, 3.63) is 33.4 Å². The highest BCUT2D eigenvalue weighted by Crippen LogP contribution is 2.33. The molecule has 0 saturated heterocycles. The SMILES string of the molecule is CN(C)C1(C(=O)Cc2ccc(I)cc2)CCCCCC1. The topological polar surface area (TPSA) is 20.3 Å². The highest BCUT2D eigenvalue weighted by Gasteiger charge is 2.39. The first-order valence-corrected chi connectivity index (χ1v) is 8.58. The predicted octanol–water partition coefficient (Wildman–Crippen LogP) is 4.06. The molecular formula is C17H24INO. The summed E-state index contributed by atoms with van der Waals surface area (Å²) in [5.41, 5.74) is 0.903. The molecule has 0 amide bonds.